The van der Waals surface area contributed by atoms with Crippen molar-refractivity contribution in [2.24, 2.45) is 28.9 Å². The lowest BCUT2D eigenvalue weighted by atomic mass is 9.47. The van der Waals surface area contributed by atoms with Crippen molar-refractivity contribution in [3.05, 3.63) is 34.4 Å². The van der Waals surface area contributed by atoms with Gasteiger partial charge in [0.25, 0.3) is 17.0 Å². The molecule has 5 saturated carbocycles. The molecule has 6 rings (SSSR count). The van der Waals surface area contributed by atoms with Crippen molar-refractivity contribution in [3.8, 4) is 0 Å². The molecule has 4 bridgehead atoms. The molecule has 0 spiro atoms. The van der Waals surface area contributed by atoms with Crippen molar-refractivity contribution in [1.82, 2.24) is 5.32 Å². The maximum Gasteiger partial charge on any atom is 0.293 e. The SMILES string of the molecule is NC(=O)C12CC3CC(C1)C(NC(=O)C1(N(c4ccccc4[N+](=O)[O-])S(=O)O)CCCCC1)C(C3)C2. The first kappa shape index (κ1) is 24.2. The number of nitrogens with one attached hydrogen (secondary N) is 1. The predicted octanol–water partition coefficient (Wildman–Crippen LogP) is 3.04. The average molecular weight is 505 g/mol. The maximum atomic E-state index is 14.1. The molecule has 3 atom stereocenters. The van der Waals surface area contributed by atoms with Gasteiger partial charge in [-0.25, -0.2) is 8.51 Å². The molecule has 5 aliphatic carbocycles. The number of anilines is 1. The minimum Gasteiger partial charge on any atom is -0.369 e. The Morgan fingerprint density at radius 3 is 2.31 bits per heavy atom. The lowest BCUT2D eigenvalue weighted by Crippen LogP contribution is -2.67. The van der Waals surface area contributed by atoms with Crippen LogP contribution in [0, 0.1) is 33.3 Å². The number of para-hydroxylation sites is 2. The Bertz CT molecular complexity index is 1060. The zero-order chi connectivity index (χ0) is 25.0. The van der Waals surface area contributed by atoms with E-state index in [1.54, 1.807) is 6.07 Å². The lowest BCUT2D eigenvalue weighted by molar-refractivity contribution is -0.384. The second-order valence-electron chi connectivity index (χ2n) is 11.0. The summed E-state index contributed by atoms with van der Waals surface area (Å²) in [6.45, 7) is 0. The molecule has 1 aromatic rings. The first-order valence-corrected chi connectivity index (χ1v) is 13.5. The Morgan fingerprint density at radius 1 is 1.11 bits per heavy atom. The fourth-order valence-corrected chi connectivity index (χ4v) is 8.65. The largest absolute Gasteiger partial charge is 0.369 e. The molecule has 5 aliphatic rings. The topological polar surface area (TPSA) is 156 Å². The molecule has 1 aromatic carbocycles. The van der Waals surface area contributed by atoms with Gasteiger partial charge in [-0.05, 0) is 68.8 Å². The number of nitro groups is 1. The second kappa shape index (κ2) is 8.85. The maximum absolute atomic E-state index is 14.1. The number of nitrogens with two attached hydrogens (primary N) is 1. The van der Waals surface area contributed by atoms with Gasteiger partial charge in [-0.15, -0.1) is 0 Å². The number of hydrogen-bond acceptors (Lipinski definition) is 5. The van der Waals surface area contributed by atoms with Crippen LogP contribution in [0.1, 0.15) is 64.2 Å². The summed E-state index contributed by atoms with van der Waals surface area (Å²) in [7, 11) is 0. The highest BCUT2D eigenvalue weighted by Crippen LogP contribution is 2.60. The third-order valence-corrected chi connectivity index (χ3v) is 9.90. The fraction of sp³-hybridized carbons (Fsp3) is 0.667. The molecule has 11 heteroatoms. The van der Waals surface area contributed by atoms with E-state index in [0.29, 0.717) is 44.4 Å². The monoisotopic (exact) mass is 504 g/mol. The molecule has 190 valence electrons. The summed E-state index contributed by atoms with van der Waals surface area (Å²) in [5.74, 6) is 0.104. The first-order chi connectivity index (χ1) is 16.7. The van der Waals surface area contributed by atoms with Gasteiger partial charge in [0.1, 0.15) is 11.2 Å². The molecule has 3 unspecified atom stereocenters. The normalized spacial score (nSPS) is 33.6. The Hall–Kier alpha value is -2.53. The van der Waals surface area contributed by atoms with Gasteiger partial charge >= 0.3 is 0 Å². The van der Waals surface area contributed by atoms with Gasteiger partial charge in [0.15, 0.2) is 0 Å². The Balaban J connectivity index is 1.48. The molecule has 4 N–H and O–H groups in total. The van der Waals surface area contributed by atoms with Crippen molar-refractivity contribution >= 4 is 34.5 Å². The minimum atomic E-state index is -2.66. The van der Waals surface area contributed by atoms with Crippen molar-refractivity contribution in [3.63, 3.8) is 0 Å². The molecule has 0 radical (unpaired) electrons. The van der Waals surface area contributed by atoms with Crippen LogP contribution in [0.5, 0.6) is 0 Å². The molecule has 10 nitrogen and oxygen atoms in total. The van der Waals surface area contributed by atoms with E-state index in [9.17, 15) is 28.5 Å². The van der Waals surface area contributed by atoms with Crippen molar-refractivity contribution < 1.29 is 23.3 Å². The molecule has 5 fully saturated rings. The summed E-state index contributed by atoms with van der Waals surface area (Å²) in [5.41, 5.74) is 3.60. The van der Waals surface area contributed by atoms with E-state index in [2.05, 4.69) is 5.32 Å². The van der Waals surface area contributed by atoms with E-state index in [4.69, 9.17) is 5.73 Å². The van der Waals surface area contributed by atoms with Crippen molar-refractivity contribution in [1.29, 1.82) is 0 Å². The van der Waals surface area contributed by atoms with Crippen LogP contribution in [0.4, 0.5) is 11.4 Å². The van der Waals surface area contributed by atoms with Crippen LogP contribution in [-0.4, -0.2) is 37.1 Å². The summed E-state index contributed by atoms with van der Waals surface area (Å²) in [4.78, 5) is 37.5. The number of nitro benzene ring substituents is 1. The fourth-order valence-electron chi connectivity index (χ4n) is 7.76. The molecule has 0 aliphatic heterocycles. The van der Waals surface area contributed by atoms with Gasteiger partial charge in [-0.2, -0.15) is 0 Å². The van der Waals surface area contributed by atoms with Crippen LogP contribution in [0.15, 0.2) is 24.3 Å². The van der Waals surface area contributed by atoms with Crippen molar-refractivity contribution in [2.75, 3.05) is 4.31 Å². The average Bonchev–Trinajstić information content (AvgIpc) is 2.81. The number of nitrogens with zero attached hydrogens (tertiary/aromatic N) is 2. The molecule has 0 aromatic heterocycles. The number of amides is 2. The molecule has 0 saturated heterocycles. The summed E-state index contributed by atoms with van der Waals surface area (Å²) in [6.07, 6.45) is 6.90. The van der Waals surface area contributed by atoms with Gasteiger partial charge in [0.05, 0.1) is 4.92 Å². The van der Waals surface area contributed by atoms with E-state index in [-0.39, 0.29) is 41.1 Å². The van der Waals surface area contributed by atoms with E-state index < -0.39 is 27.1 Å². The highest BCUT2D eigenvalue weighted by atomic mass is 32.2. The number of carbonyl (C=O) groups is 2. The third-order valence-electron chi connectivity index (χ3n) is 9.04. The quantitative estimate of drug-likeness (QED) is 0.294. The highest BCUT2D eigenvalue weighted by Gasteiger charge is 2.59. The van der Waals surface area contributed by atoms with Crippen LogP contribution in [-0.2, 0) is 20.9 Å². The van der Waals surface area contributed by atoms with Crippen LogP contribution in [0.3, 0.4) is 0 Å². The van der Waals surface area contributed by atoms with E-state index >= 15 is 0 Å². The number of carbonyl (C=O) groups excluding carboxylic acids is 2. The van der Waals surface area contributed by atoms with Gasteiger partial charge in [-0.3, -0.25) is 24.3 Å². The number of benzene rings is 1. The molecule has 0 heterocycles. The predicted molar refractivity (Wildman–Crippen MR) is 129 cm³/mol. The number of hydrogen-bond donors (Lipinski definition) is 3. The highest BCUT2D eigenvalue weighted by molar-refractivity contribution is 7.80. The summed E-state index contributed by atoms with van der Waals surface area (Å²) < 4.78 is 24.2. The van der Waals surface area contributed by atoms with Crippen molar-refractivity contribution in [2.45, 2.75) is 75.8 Å². The van der Waals surface area contributed by atoms with Gasteiger partial charge < -0.3 is 11.1 Å². The van der Waals surface area contributed by atoms with Gasteiger partial charge in [0, 0.05) is 17.5 Å². The van der Waals surface area contributed by atoms with E-state index in [1.165, 1.54) is 18.2 Å². The molecular formula is C24H32N4O6S. The summed E-state index contributed by atoms with van der Waals surface area (Å²) in [6, 6.07) is 5.64. The minimum absolute atomic E-state index is 0.0341. The second-order valence-corrected chi connectivity index (χ2v) is 11.8. The Labute approximate surface area is 206 Å². The summed E-state index contributed by atoms with van der Waals surface area (Å²) >= 11 is -2.66. The Morgan fingerprint density at radius 2 is 1.74 bits per heavy atom. The Kier molecular flexibility index (Phi) is 6.11. The molecule has 2 amide bonds. The lowest BCUT2D eigenvalue weighted by Gasteiger charge is -2.59. The standard InChI is InChI=1S/C24H32N4O6S/c25-21(29)23-12-15-10-16(13-23)20(17(11-15)14-23)26-22(30)24(8-4-1-5-9-24)27(35(33)34)18-6-2-3-7-19(18)28(31)32/h2-3,6-7,15-17,20H,1,4-5,8-14H2,(H2,25,29)(H,26,30)(H,33,34). The zero-order valence-electron chi connectivity index (χ0n) is 19.6. The van der Waals surface area contributed by atoms with Crippen LogP contribution < -0.4 is 15.4 Å². The molecule has 35 heavy (non-hydrogen) atoms. The van der Waals surface area contributed by atoms with Crippen LogP contribution in [0.25, 0.3) is 0 Å². The first-order valence-electron chi connectivity index (χ1n) is 12.4. The zero-order valence-corrected chi connectivity index (χ0v) is 20.4. The summed E-state index contributed by atoms with van der Waals surface area (Å²) in [5, 5.41) is 15.0. The van der Waals surface area contributed by atoms with Gasteiger partial charge in [-0.1, -0.05) is 31.4 Å². The van der Waals surface area contributed by atoms with Crippen LogP contribution >= 0.6 is 0 Å². The molecular weight excluding hydrogens is 472 g/mol. The van der Waals surface area contributed by atoms with E-state index in [0.717, 1.165) is 30.0 Å². The van der Waals surface area contributed by atoms with Gasteiger partial charge in [0.2, 0.25) is 11.8 Å². The van der Waals surface area contributed by atoms with E-state index in [1.807, 2.05) is 0 Å². The number of rotatable bonds is 7. The number of primary amides is 1. The van der Waals surface area contributed by atoms with Crippen LogP contribution in [0.2, 0.25) is 0 Å². The third kappa shape index (κ3) is 3.92. The smallest absolute Gasteiger partial charge is 0.293 e.